The van der Waals surface area contributed by atoms with Gasteiger partial charge in [0.2, 0.25) is 0 Å². The first-order valence-corrected chi connectivity index (χ1v) is 40.4. The monoisotopic (exact) mass is 1500 g/mol. The highest BCUT2D eigenvalue weighted by atomic mass is 15.1. The van der Waals surface area contributed by atoms with E-state index in [-0.39, 0.29) is 0 Å². The molecule has 0 saturated carbocycles. The van der Waals surface area contributed by atoms with Crippen molar-refractivity contribution in [1.29, 1.82) is 0 Å². The van der Waals surface area contributed by atoms with E-state index in [9.17, 15) is 0 Å². The molecule has 10 heteroatoms. The van der Waals surface area contributed by atoms with Crippen molar-refractivity contribution in [3.05, 3.63) is 376 Å². The molecule has 544 valence electrons. The molecule has 0 amide bonds. The Balaban J connectivity index is 0.000000126. The van der Waals surface area contributed by atoms with E-state index < -0.39 is 0 Å². The molecule has 0 N–H and O–H groups in total. The molecule has 0 aliphatic carbocycles. The molecule has 0 aliphatic heterocycles. The van der Waals surface area contributed by atoms with Crippen LogP contribution < -0.4 is 0 Å². The van der Waals surface area contributed by atoms with Gasteiger partial charge in [-0.05, 0) is 137 Å². The molecule has 0 bridgehead atoms. The van der Waals surface area contributed by atoms with E-state index in [0.717, 1.165) is 133 Å². The first-order chi connectivity index (χ1) is 58.6. The molecular formula is C108H62N10. The normalized spacial score (nSPS) is 12.4. The summed E-state index contributed by atoms with van der Waals surface area (Å²) in [6.07, 6.45) is 0. The minimum absolute atomic E-state index is 0.808. The predicted octanol–water partition coefficient (Wildman–Crippen LogP) is 27.6. The first kappa shape index (κ1) is 63.5. The first-order valence-electron chi connectivity index (χ1n) is 40.4. The van der Waals surface area contributed by atoms with Gasteiger partial charge in [-0.1, -0.05) is 261 Å². The number of hydrogen-bond donors (Lipinski definition) is 0. The quantitative estimate of drug-likeness (QED) is 0.155. The molecule has 0 spiro atoms. The van der Waals surface area contributed by atoms with Gasteiger partial charge in [-0.3, -0.25) is 9.13 Å². The van der Waals surface area contributed by atoms with E-state index in [0.29, 0.717) is 0 Å². The van der Waals surface area contributed by atoms with E-state index in [2.05, 4.69) is 403 Å². The van der Waals surface area contributed by atoms with Crippen LogP contribution in [0.4, 0.5) is 0 Å². The Labute approximate surface area is 671 Å². The lowest BCUT2D eigenvalue weighted by Gasteiger charge is -2.16. The van der Waals surface area contributed by atoms with Crippen molar-refractivity contribution >= 4 is 207 Å². The SMILES string of the molecule is c1ccc(-n2c3ccccc3c3c(-c4nc5c(ccc6ccccc65)nc4-n4c5cccc6c7cccc8c9ccccc9n(c9cccc4c9c65)c78)cccc32)cc1.c1ccc(-n2c3ccccc3c3cc(-c4nc5c(ccc6ccccc65)nc4-n4c5cccc6c7cccc8c9ccccc9n(c9cccc4c9c65)c78)ccc32)cc1. The van der Waals surface area contributed by atoms with Crippen molar-refractivity contribution in [1.82, 2.24) is 47.0 Å². The molecule has 10 heterocycles. The minimum atomic E-state index is 0.808. The maximum Gasteiger partial charge on any atom is 0.165 e. The van der Waals surface area contributed by atoms with E-state index in [1.807, 2.05) is 0 Å². The molecule has 18 aromatic carbocycles. The molecule has 28 aromatic rings. The highest BCUT2D eigenvalue weighted by Gasteiger charge is 2.30. The van der Waals surface area contributed by atoms with Crippen LogP contribution in [0.15, 0.2) is 376 Å². The molecule has 0 radical (unpaired) electrons. The van der Waals surface area contributed by atoms with Crippen molar-refractivity contribution in [3.8, 4) is 45.5 Å². The lowest BCUT2D eigenvalue weighted by molar-refractivity contribution is 1.08. The summed E-state index contributed by atoms with van der Waals surface area (Å²) in [7, 11) is 0. The third-order valence-electron chi connectivity index (χ3n) is 25.5. The zero-order valence-corrected chi connectivity index (χ0v) is 63.3. The summed E-state index contributed by atoms with van der Waals surface area (Å²) in [6.45, 7) is 0. The van der Waals surface area contributed by atoms with Crippen LogP contribution in [-0.2, 0) is 0 Å². The van der Waals surface area contributed by atoms with Crippen LogP contribution in [-0.4, -0.2) is 47.0 Å². The second-order valence-electron chi connectivity index (χ2n) is 31.4. The number of hydrogen-bond acceptors (Lipinski definition) is 4. The summed E-state index contributed by atoms with van der Waals surface area (Å²) in [5, 5.41) is 24.0. The Kier molecular flexibility index (Phi) is 12.8. The molecule has 28 rings (SSSR count). The zero-order valence-electron chi connectivity index (χ0n) is 63.3. The standard InChI is InChI=1S/2C54H31N5/c1-2-14-34(15-3-1)57-43-22-8-7-18-37(43)41-31-33(28-30-45(41)57)51-54(55-42-29-27-32-13-4-5-16-35(32)52(42)56-51)59-46-24-11-19-38-40-21-10-20-39-36-17-6-9-23-44(36)58(53(39)40)47-25-12-26-48(59)50(47)49(38)46;1-2-15-33(16-3-1)57-43-25-9-7-19-39(43)48-40(23-12-26-44(48)57)52-54(55-41-31-30-32-14-4-5-17-34(32)51(41)56-52)59-45-27-11-20-36-38-22-10-21-37-35-18-6-8-24-42(35)58(53(37)38)46-28-13-29-47(59)50(46)49(36)45/h2*1-31H. The molecule has 0 aliphatic rings. The van der Waals surface area contributed by atoms with Gasteiger partial charge < -0.3 is 17.9 Å². The second-order valence-corrected chi connectivity index (χ2v) is 31.4. The fourth-order valence-electron chi connectivity index (χ4n) is 20.7. The van der Waals surface area contributed by atoms with E-state index in [1.54, 1.807) is 0 Å². The highest BCUT2D eigenvalue weighted by Crippen LogP contribution is 2.50. The summed E-state index contributed by atoms with van der Waals surface area (Å²) in [4.78, 5) is 22.8. The molecule has 10 nitrogen and oxygen atoms in total. The summed E-state index contributed by atoms with van der Waals surface area (Å²) in [6, 6.07) is 136. The van der Waals surface area contributed by atoms with Crippen LogP contribution in [0.1, 0.15) is 0 Å². The molecule has 10 aromatic heterocycles. The largest absolute Gasteiger partial charge is 0.309 e. The van der Waals surface area contributed by atoms with Gasteiger partial charge in [0.05, 0.1) is 99.3 Å². The number of rotatable bonds is 6. The van der Waals surface area contributed by atoms with Crippen LogP contribution in [0.5, 0.6) is 0 Å². The second kappa shape index (κ2) is 23.8. The topological polar surface area (TPSA) is 80.1 Å². The summed E-state index contributed by atoms with van der Waals surface area (Å²) in [5.41, 5.74) is 25.8. The van der Waals surface area contributed by atoms with Gasteiger partial charge in [-0.2, -0.15) is 0 Å². The van der Waals surface area contributed by atoms with Crippen molar-refractivity contribution in [2.24, 2.45) is 0 Å². The van der Waals surface area contributed by atoms with Gasteiger partial charge in [0.15, 0.2) is 11.6 Å². The van der Waals surface area contributed by atoms with Crippen LogP contribution in [0.25, 0.3) is 253 Å². The summed E-state index contributed by atoms with van der Waals surface area (Å²) in [5.74, 6) is 1.62. The van der Waals surface area contributed by atoms with Gasteiger partial charge in [0, 0.05) is 109 Å². The number of benzene rings is 18. The average molecular weight is 1500 g/mol. The third kappa shape index (κ3) is 8.52. The molecule has 0 unspecified atom stereocenters. The Morgan fingerprint density at radius 2 is 0.534 bits per heavy atom. The van der Waals surface area contributed by atoms with Crippen LogP contribution in [0.2, 0.25) is 0 Å². The summed E-state index contributed by atoms with van der Waals surface area (Å²) >= 11 is 0. The van der Waals surface area contributed by atoms with Crippen LogP contribution in [0.3, 0.4) is 0 Å². The maximum atomic E-state index is 5.76. The van der Waals surface area contributed by atoms with Gasteiger partial charge in [-0.25, -0.2) is 19.9 Å². The highest BCUT2D eigenvalue weighted by molar-refractivity contribution is 6.34. The van der Waals surface area contributed by atoms with E-state index in [1.165, 1.54) is 119 Å². The van der Waals surface area contributed by atoms with Crippen molar-refractivity contribution in [2.75, 3.05) is 0 Å². The predicted molar refractivity (Wildman–Crippen MR) is 492 cm³/mol. The molecule has 0 fully saturated rings. The maximum absolute atomic E-state index is 5.76. The number of fused-ring (bicyclic) bond motifs is 22. The number of aromatic nitrogens is 10. The van der Waals surface area contributed by atoms with Crippen LogP contribution in [0, 0.1) is 0 Å². The smallest absolute Gasteiger partial charge is 0.165 e. The average Bonchev–Trinajstić information content (AvgIpc) is 1.53. The van der Waals surface area contributed by atoms with Gasteiger partial charge >= 0.3 is 0 Å². The Morgan fingerprint density at radius 1 is 0.186 bits per heavy atom. The van der Waals surface area contributed by atoms with Gasteiger partial charge in [-0.15, -0.1) is 0 Å². The zero-order chi connectivity index (χ0) is 76.7. The Morgan fingerprint density at radius 3 is 1.07 bits per heavy atom. The fraction of sp³-hybridized carbons (Fsp3) is 0. The Bertz CT molecular complexity index is 9210. The third-order valence-corrected chi connectivity index (χ3v) is 25.5. The van der Waals surface area contributed by atoms with Crippen molar-refractivity contribution in [2.45, 2.75) is 0 Å². The minimum Gasteiger partial charge on any atom is -0.309 e. The lowest BCUT2D eigenvalue weighted by atomic mass is 10.0. The van der Waals surface area contributed by atoms with E-state index >= 15 is 0 Å². The van der Waals surface area contributed by atoms with Crippen molar-refractivity contribution in [3.63, 3.8) is 0 Å². The fourth-order valence-corrected chi connectivity index (χ4v) is 20.7. The van der Waals surface area contributed by atoms with Gasteiger partial charge in [0.1, 0.15) is 11.4 Å². The van der Waals surface area contributed by atoms with E-state index in [4.69, 9.17) is 19.9 Å². The molecule has 0 atom stereocenters. The number of nitrogens with zero attached hydrogens (tertiary/aromatic N) is 10. The van der Waals surface area contributed by atoms with Crippen molar-refractivity contribution < 1.29 is 0 Å². The van der Waals surface area contributed by atoms with Crippen LogP contribution >= 0.6 is 0 Å². The molecule has 118 heavy (non-hydrogen) atoms. The Hall–Kier alpha value is -16.0. The van der Waals surface area contributed by atoms with Gasteiger partial charge in [0.25, 0.3) is 0 Å². The lowest BCUT2D eigenvalue weighted by Crippen LogP contribution is -2.04. The number of para-hydroxylation sites is 8. The molecular weight excluding hydrogens is 1440 g/mol. The molecule has 0 saturated heterocycles. The summed E-state index contributed by atoms with van der Waals surface area (Å²) < 4.78 is 14.5.